The van der Waals surface area contributed by atoms with Gasteiger partial charge in [-0.1, -0.05) is 43.6 Å². The summed E-state index contributed by atoms with van der Waals surface area (Å²) in [4.78, 5) is 39.3. The number of carbonyl (C=O) groups is 2. The number of halogens is 1. The van der Waals surface area contributed by atoms with Crippen LogP contribution in [0.5, 0.6) is 0 Å². The second kappa shape index (κ2) is 7.58. The summed E-state index contributed by atoms with van der Waals surface area (Å²) in [5, 5.41) is 3.26. The van der Waals surface area contributed by atoms with Crippen LogP contribution in [0.25, 0.3) is 5.69 Å². The lowest BCUT2D eigenvalue weighted by atomic mass is 9.75. The van der Waals surface area contributed by atoms with Gasteiger partial charge in [0, 0.05) is 34.1 Å². The van der Waals surface area contributed by atoms with E-state index in [1.54, 1.807) is 36.4 Å². The van der Waals surface area contributed by atoms with Gasteiger partial charge in [-0.05, 0) is 54.3 Å². The summed E-state index contributed by atoms with van der Waals surface area (Å²) in [5.74, 6) is -0.626. The van der Waals surface area contributed by atoms with Crippen molar-refractivity contribution in [2.75, 3.05) is 5.32 Å². The van der Waals surface area contributed by atoms with Crippen LogP contribution in [-0.4, -0.2) is 16.3 Å². The number of anilines is 1. The Balaban J connectivity index is 1.88. The van der Waals surface area contributed by atoms with Gasteiger partial charge in [0.15, 0.2) is 5.78 Å². The fourth-order valence-corrected chi connectivity index (χ4v) is 3.98. The Bertz CT molecular complexity index is 1200. The van der Waals surface area contributed by atoms with Crippen LogP contribution in [0.2, 0.25) is 5.02 Å². The average molecular weight is 421 g/mol. The standard InChI is InChI=1S/C24H21ClN2O3/c1-24(2)13-20-18(21(28)14-24)12-19(22(29)26-16-10-8-15(25)9-11-16)23(30)27(20)17-6-4-3-5-7-17/h3-12H,13-14H2,1-2H3,(H,26,29). The first-order chi connectivity index (χ1) is 14.2. The summed E-state index contributed by atoms with van der Waals surface area (Å²) in [7, 11) is 0. The monoisotopic (exact) mass is 420 g/mol. The Morgan fingerprint density at radius 3 is 2.33 bits per heavy atom. The van der Waals surface area contributed by atoms with Crippen LogP contribution in [-0.2, 0) is 6.42 Å². The molecule has 30 heavy (non-hydrogen) atoms. The van der Waals surface area contributed by atoms with E-state index in [9.17, 15) is 14.4 Å². The van der Waals surface area contributed by atoms with Crippen LogP contribution in [0, 0.1) is 5.41 Å². The summed E-state index contributed by atoms with van der Waals surface area (Å²) in [6, 6.07) is 17.2. The lowest BCUT2D eigenvalue weighted by Crippen LogP contribution is -2.37. The molecule has 1 aliphatic carbocycles. The molecule has 1 aromatic heterocycles. The number of aromatic nitrogens is 1. The molecule has 0 bridgehead atoms. The van der Waals surface area contributed by atoms with E-state index < -0.39 is 11.5 Å². The van der Waals surface area contributed by atoms with Crippen molar-refractivity contribution < 1.29 is 9.59 Å². The summed E-state index contributed by atoms with van der Waals surface area (Å²) in [6.07, 6.45) is 0.933. The number of fused-ring (bicyclic) bond motifs is 1. The Morgan fingerprint density at radius 1 is 1.00 bits per heavy atom. The molecule has 1 aliphatic rings. The molecular weight excluding hydrogens is 400 g/mol. The number of Topliss-reactive ketones (excluding diaryl/α,β-unsaturated/α-hetero) is 1. The summed E-state index contributed by atoms with van der Waals surface area (Å²) in [6.45, 7) is 4.02. The molecular formula is C24H21ClN2O3. The zero-order valence-corrected chi connectivity index (χ0v) is 17.5. The molecule has 0 aliphatic heterocycles. The highest BCUT2D eigenvalue weighted by atomic mass is 35.5. The number of benzene rings is 2. The van der Waals surface area contributed by atoms with Crippen LogP contribution >= 0.6 is 11.6 Å². The zero-order chi connectivity index (χ0) is 21.5. The second-order valence-electron chi connectivity index (χ2n) is 8.30. The van der Waals surface area contributed by atoms with Gasteiger partial charge in [0.25, 0.3) is 11.5 Å². The number of hydrogen-bond donors (Lipinski definition) is 1. The zero-order valence-electron chi connectivity index (χ0n) is 16.7. The van der Waals surface area contributed by atoms with Crippen molar-refractivity contribution >= 4 is 29.0 Å². The maximum Gasteiger partial charge on any atom is 0.268 e. The number of amides is 1. The van der Waals surface area contributed by atoms with E-state index in [0.29, 0.717) is 40.5 Å². The largest absolute Gasteiger partial charge is 0.322 e. The Kier molecular flexibility index (Phi) is 5.08. The van der Waals surface area contributed by atoms with Gasteiger partial charge in [-0.25, -0.2) is 0 Å². The minimum atomic E-state index is -0.563. The van der Waals surface area contributed by atoms with Crippen molar-refractivity contribution in [1.82, 2.24) is 4.57 Å². The molecule has 0 unspecified atom stereocenters. The maximum absolute atomic E-state index is 13.4. The normalized spacial score (nSPS) is 14.8. The van der Waals surface area contributed by atoms with Gasteiger partial charge < -0.3 is 5.32 Å². The number of pyridine rings is 1. The Morgan fingerprint density at radius 2 is 1.67 bits per heavy atom. The first-order valence-corrected chi connectivity index (χ1v) is 10.1. The fourth-order valence-electron chi connectivity index (χ4n) is 3.86. The van der Waals surface area contributed by atoms with Gasteiger partial charge in [0.05, 0.1) is 0 Å². The van der Waals surface area contributed by atoms with Crippen molar-refractivity contribution in [2.24, 2.45) is 5.41 Å². The third kappa shape index (κ3) is 3.81. The molecule has 0 fully saturated rings. The molecule has 1 amide bonds. The minimum absolute atomic E-state index is 0.0634. The first-order valence-electron chi connectivity index (χ1n) is 9.70. The predicted molar refractivity (Wildman–Crippen MR) is 118 cm³/mol. The van der Waals surface area contributed by atoms with Crippen molar-refractivity contribution in [2.45, 2.75) is 26.7 Å². The van der Waals surface area contributed by atoms with Crippen LogP contribution < -0.4 is 10.9 Å². The number of nitrogens with one attached hydrogen (secondary N) is 1. The van der Waals surface area contributed by atoms with E-state index in [-0.39, 0.29) is 16.8 Å². The van der Waals surface area contributed by atoms with E-state index in [2.05, 4.69) is 5.32 Å². The number of rotatable bonds is 3. The molecule has 5 nitrogen and oxygen atoms in total. The number of hydrogen-bond acceptors (Lipinski definition) is 3. The molecule has 3 aromatic rings. The molecule has 1 N–H and O–H groups in total. The van der Waals surface area contributed by atoms with E-state index in [1.165, 1.54) is 10.6 Å². The first kappa shape index (κ1) is 20.1. The van der Waals surface area contributed by atoms with Gasteiger partial charge in [0.2, 0.25) is 0 Å². The molecule has 0 saturated carbocycles. The van der Waals surface area contributed by atoms with Crippen LogP contribution in [0.1, 0.15) is 46.7 Å². The molecule has 0 saturated heterocycles. The molecule has 2 aromatic carbocycles. The average Bonchev–Trinajstić information content (AvgIpc) is 2.69. The smallest absolute Gasteiger partial charge is 0.268 e. The van der Waals surface area contributed by atoms with Crippen molar-refractivity contribution in [1.29, 1.82) is 0 Å². The summed E-state index contributed by atoms with van der Waals surface area (Å²) in [5.41, 5.74) is 1.44. The molecule has 4 rings (SSSR count). The van der Waals surface area contributed by atoms with Gasteiger partial charge in [-0.3, -0.25) is 19.0 Å². The third-order valence-electron chi connectivity index (χ3n) is 5.25. The topological polar surface area (TPSA) is 68.2 Å². The molecule has 0 spiro atoms. The summed E-state index contributed by atoms with van der Waals surface area (Å²) < 4.78 is 1.50. The SMILES string of the molecule is CC1(C)CC(=O)c2cc(C(=O)Nc3ccc(Cl)cc3)c(=O)n(-c3ccccc3)c2C1. The van der Waals surface area contributed by atoms with E-state index in [1.807, 2.05) is 32.0 Å². The lowest BCUT2D eigenvalue weighted by molar-refractivity contribution is 0.0909. The van der Waals surface area contributed by atoms with Crippen molar-refractivity contribution in [3.05, 3.63) is 92.9 Å². The second-order valence-corrected chi connectivity index (χ2v) is 8.73. The van der Waals surface area contributed by atoms with Gasteiger partial charge in [-0.2, -0.15) is 0 Å². The summed E-state index contributed by atoms with van der Waals surface area (Å²) >= 11 is 5.89. The predicted octanol–water partition coefficient (Wildman–Crippen LogP) is 4.90. The lowest BCUT2D eigenvalue weighted by Gasteiger charge is -2.32. The van der Waals surface area contributed by atoms with E-state index >= 15 is 0 Å². The van der Waals surface area contributed by atoms with Crippen LogP contribution in [0.3, 0.4) is 0 Å². The van der Waals surface area contributed by atoms with Crippen LogP contribution in [0.4, 0.5) is 5.69 Å². The van der Waals surface area contributed by atoms with Gasteiger partial charge in [-0.15, -0.1) is 0 Å². The highest BCUT2D eigenvalue weighted by molar-refractivity contribution is 6.30. The Labute approximate surface area is 179 Å². The number of ketones is 1. The third-order valence-corrected chi connectivity index (χ3v) is 5.50. The van der Waals surface area contributed by atoms with Crippen molar-refractivity contribution in [3.63, 3.8) is 0 Å². The highest BCUT2D eigenvalue weighted by Crippen LogP contribution is 2.35. The fraction of sp³-hybridized carbons (Fsp3) is 0.208. The minimum Gasteiger partial charge on any atom is -0.322 e. The molecule has 0 radical (unpaired) electrons. The van der Waals surface area contributed by atoms with E-state index in [4.69, 9.17) is 11.6 Å². The number of para-hydroxylation sites is 1. The highest BCUT2D eigenvalue weighted by Gasteiger charge is 2.35. The quantitative estimate of drug-likeness (QED) is 0.655. The van der Waals surface area contributed by atoms with Gasteiger partial charge in [0.1, 0.15) is 5.56 Å². The number of carbonyl (C=O) groups excluding carboxylic acids is 2. The molecule has 1 heterocycles. The molecule has 6 heteroatoms. The van der Waals surface area contributed by atoms with Crippen LogP contribution in [0.15, 0.2) is 65.5 Å². The molecule has 152 valence electrons. The number of nitrogens with zero attached hydrogens (tertiary/aromatic N) is 1. The molecule has 0 atom stereocenters. The van der Waals surface area contributed by atoms with Crippen molar-refractivity contribution in [3.8, 4) is 5.69 Å². The maximum atomic E-state index is 13.4. The van der Waals surface area contributed by atoms with Gasteiger partial charge >= 0.3 is 0 Å². The van der Waals surface area contributed by atoms with E-state index in [0.717, 1.165) is 0 Å². The Hall–Kier alpha value is -3.18.